The lowest BCUT2D eigenvalue weighted by Crippen LogP contribution is -2.21. The van der Waals surface area contributed by atoms with Crippen LogP contribution >= 0.6 is 0 Å². The van der Waals surface area contributed by atoms with Gasteiger partial charge in [0.1, 0.15) is 5.82 Å². The maximum atomic E-state index is 12.5. The third-order valence-corrected chi connectivity index (χ3v) is 6.27. The normalized spacial score (nSPS) is 11.6. The monoisotopic (exact) mass is 440 g/mol. The zero-order chi connectivity index (χ0) is 23.1. The summed E-state index contributed by atoms with van der Waals surface area (Å²) in [4.78, 5) is 19.1. The number of benzene rings is 3. The molecule has 2 heterocycles. The summed E-state index contributed by atoms with van der Waals surface area (Å²) in [6.07, 6.45) is 0. The summed E-state index contributed by atoms with van der Waals surface area (Å²) in [5.74, 6) is 0.852. The number of nitrogens with zero attached hydrogens (tertiary/aromatic N) is 4. The number of rotatable bonds is 6. The van der Waals surface area contributed by atoms with Crippen molar-refractivity contribution < 1.29 is 9.53 Å². The summed E-state index contributed by atoms with van der Waals surface area (Å²) >= 11 is 0. The van der Waals surface area contributed by atoms with E-state index in [1.165, 1.54) is 21.8 Å². The molecule has 0 atom stereocenters. The molecule has 168 valence electrons. The Morgan fingerprint density at radius 2 is 1.70 bits per heavy atom. The summed E-state index contributed by atoms with van der Waals surface area (Å²) in [7, 11) is 5.23. The van der Waals surface area contributed by atoms with Gasteiger partial charge in [-0.15, -0.1) is 0 Å². The van der Waals surface area contributed by atoms with Crippen LogP contribution in [0.25, 0.3) is 44.2 Å². The molecule has 6 nitrogen and oxygen atoms in total. The molecular formula is C27H28N4O2. The molecule has 0 saturated carbocycles. The summed E-state index contributed by atoms with van der Waals surface area (Å²) in [5, 5.41) is 2.47. The van der Waals surface area contributed by atoms with Gasteiger partial charge in [-0.05, 0) is 49.4 Å². The molecule has 0 aliphatic rings. The third-order valence-electron chi connectivity index (χ3n) is 6.27. The molecule has 0 aliphatic carbocycles. The molecule has 5 aromatic rings. The Hall–Kier alpha value is -3.64. The van der Waals surface area contributed by atoms with Crippen LogP contribution in [-0.2, 0) is 17.8 Å². The van der Waals surface area contributed by atoms with Crippen molar-refractivity contribution in [2.45, 2.75) is 20.0 Å². The zero-order valence-electron chi connectivity index (χ0n) is 19.5. The van der Waals surface area contributed by atoms with Crippen molar-refractivity contribution in [1.29, 1.82) is 0 Å². The minimum atomic E-state index is -0.0290. The summed E-state index contributed by atoms with van der Waals surface area (Å²) in [6, 6.07) is 20.8. The van der Waals surface area contributed by atoms with E-state index in [0.29, 0.717) is 18.7 Å². The van der Waals surface area contributed by atoms with E-state index < -0.39 is 0 Å². The summed E-state index contributed by atoms with van der Waals surface area (Å²) < 4.78 is 9.91. The number of ether oxygens (including phenoxy) is 1. The Bertz CT molecular complexity index is 1490. The van der Waals surface area contributed by atoms with E-state index in [9.17, 15) is 4.79 Å². The Labute approximate surface area is 193 Å². The average molecular weight is 441 g/mol. The molecule has 0 fully saturated rings. The number of methoxy groups -OCH3 is 1. The van der Waals surface area contributed by atoms with E-state index in [4.69, 9.17) is 9.72 Å². The minimum absolute atomic E-state index is 0.0290. The van der Waals surface area contributed by atoms with Gasteiger partial charge in [-0.3, -0.25) is 4.79 Å². The van der Waals surface area contributed by atoms with Gasteiger partial charge in [-0.2, -0.15) is 0 Å². The van der Waals surface area contributed by atoms with Gasteiger partial charge in [-0.1, -0.05) is 18.2 Å². The molecular weight excluding hydrogens is 412 g/mol. The maximum absolute atomic E-state index is 12.5. The Morgan fingerprint density at radius 3 is 2.45 bits per heavy atom. The number of carbonyl (C=O) groups excluding carboxylic acids is 1. The number of para-hydroxylation sites is 1. The van der Waals surface area contributed by atoms with Crippen molar-refractivity contribution in [3.05, 3.63) is 66.2 Å². The first-order valence-electron chi connectivity index (χ1n) is 11.3. The molecule has 0 bridgehead atoms. The Kier molecular flexibility index (Phi) is 5.38. The lowest BCUT2D eigenvalue weighted by atomic mass is 10.1. The highest BCUT2D eigenvalue weighted by Gasteiger charge is 2.17. The van der Waals surface area contributed by atoms with E-state index in [0.717, 1.165) is 29.0 Å². The number of aryl methyl sites for hydroxylation is 1. The lowest BCUT2D eigenvalue weighted by molar-refractivity contribution is 0.0827. The van der Waals surface area contributed by atoms with Crippen LogP contribution in [0.2, 0.25) is 0 Å². The van der Waals surface area contributed by atoms with E-state index in [-0.39, 0.29) is 5.91 Å². The zero-order valence-corrected chi connectivity index (χ0v) is 19.5. The molecule has 0 N–H and O–H groups in total. The highest BCUT2D eigenvalue weighted by Crippen LogP contribution is 2.33. The van der Waals surface area contributed by atoms with E-state index in [2.05, 4.69) is 58.5 Å². The van der Waals surface area contributed by atoms with E-state index in [1.807, 2.05) is 18.2 Å². The molecule has 1 amide bonds. The number of aromatic nitrogens is 3. The Balaban J connectivity index is 1.72. The highest BCUT2D eigenvalue weighted by atomic mass is 16.5. The second kappa shape index (κ2) is 8.37. The number of fused-ring (bicyclic) bond motifs is 4. The van der Waals surface area contributed by atoms with Crippen LogP contribution in [0.15, 0.2) is 60.7 Å². The van der Waals surface area contributed by atoms with Crippen LogP contribution in [-0.4, -0.2) is 52.7 Å². The lowest BCUT2D eigenvalue weighted by Gasteiger charge is -2.11. The fourth-order valence-corrected chi connectivity index (χ4v) is 4.68. The quantitative estimate of drug-likeness (QED) is 0.366. The van der Waals surface area contributed by atoms with Crippen LogP contribution in [0.4, 0.5) is 0 Å². The number of imidazole rings is 1. The molecule has 0 unspecified atom stereocenters. The SMILES string of the molecule is CCn1c2ccccc2c2cc(-c3nc4cc(C(=O)N(C)C)ccc4n3CCOC)ccc21. The van der Waals surface area contributed by atoms with Crippen molar-refractivity contribution in [2.75, 3.05) is 27.8 Å². The molecule has 2 aromatic heterocycles. The molecule has 0 saturated heterocycles. The molecule has 33 heavy (non-hydrogen) atoms. The van der Waals surface area contributed by atoms with E-state index in [1.54, 1.807) is 26.1 Å². The molecule has 6 heteroatoms. The smallest absolute Gasteiger partial charge is 0.253 e. The first-order chi connectivity index (χ1) is 16.0. The molecule has 0 radical (unpaired) electrons. The summed E-state index contributed by atoms with van der Waals surface area (Å²) in [6.45, 7) is 4.35. The van der Waals surface area contributed by atoms with Gasteiger partial charge >= 0.3 is 0 Å². The number of carbonyl (C=O) groups is 1. The maximum Gasteiger partial charge on any atom is 0.253 e. The van der Waals surface area contributed by atoms with Crippen LogP contribution in [0, 0.1) is 0 Å². The third kappa shape index (κ3) is 3.47. The molecule has 0 aliphatic heterocycles. The number of amides is 1. The minimum Gasteiger partial charge on any atom is -0.383 e. The molecule has 0 spiro atoms. The molecule has 5 rings (SSSR count). The van der Waals surface area contributed by atoms with Crippen molar-refractivity contribution in [2.24, 2.45) is 0 Å². The van der Waals surface area contributed by atoms with Crippen LogP contribution in [0.3, 0.4) is 0 Å². The largest absolute Gasteiger partial charge is 0.383 e. The van der Waals surface area contributed by atoms with Gasteiger partial charge in [0.25, 0.3) is 5.91 Å². The second-order valence-electron chi connectivity index (χ2n) is 8.48. The van der Waals surface area contributed by atoms with Crippen LogP contribution < -0.4 is 0 Å². The van der Waals surface area contributed by atoms with Gasteiger partial charge in [0.15, 0.2) is 0 Å². The predicted molar refractivity (Wildman–Crippen MR) is 134 cm³/mol. The first kappa shape index (κ1) is 21.2. The van der Waals surface area contributed by atoms with Crippen molar-refractivity contribution in [3.8, 4) is 11.4 Å². The predicted octanol–water partition coefficient (Wildman–Crippen LogP) is 5.18. The number of hydrogen-bond donors (Lipinski definition) is 0. The fraction of sp³-hybridized carbons (Fsp3) is 0.259. The second-order valence-corrected chi connectivity index (χ2v) is 8.48. The topological polar surface area (TPSA) is 52.3 Å². The number of hydrogen-bond acceptors (Lipinski definition) is 3. The van der Waals surface area contributed by atoms with Gasteiger partial charge in [0.2, 0.25) is 0 Å². The van der Waals surface area contributed by atoms with Gasteiger partial charge in [0.05, 0.1) is 17.6 Å². The van der Waals surface area contributed by atoms with Crippen molar-refractivity contribution in [3.63, 3.8) is 0 Å². The van der Waals surface area contributed by atoms with E-state index >= 15 is 0 Å². The van der Waals surface area contributed by atoms with Crippen LogP contribution in [0.1, 0.15) is 17.3 Å². The van der Waals surface area contributed by atoms with Gasteiger partial charge in [-0.25, -0.2) is 4.98 Å². The summed E-state index contributed by atoms with van der Waals surface area (Å²) in [5.41, 5.74) is 5.96. The van der Waals surface area contributed by atoms with Gasteiger partial charge in [0, 0.05) is 67.2 Å². The Morgan fingerprint density at radius 1 is 0.939 bits per heavy atom. The average Bonchev–Trinajstić information content (AvgIpc) is 3.36. The van der Waals surface area contributed by atoms with Crippen LogP contribution in [0.5, 0.6) is 0 Å². The first-order valence-corrected chi connectivity index (χ1v) is 11.3. The standard InChI is InChI=1S/C27H28N4O2/c1-5-30-23-9-7-6-8-20(23)21-16-18(10-12-24(21)30)26-28-22-17-19(27(32)29(2)3)11-13-25(22)31(26)14-15-33-4/h6-13,16-17H,5,14-15H2,1-4H3. The molecule has 3 aromatic carbocycles. The van der Waals surface area contributed by atoms with Crippen molar-refractivity contribution >= 4 is 38.7 Å². The highest BCUT2D eigenvalue weighted by molar-refractivity contribution is 6.09. The fourth-order valence-electron chi connectivity index (χ4n) is 4.68. The van der Waals surface area contributed by atoms with Crippen molar-refractivity contribution in [1.82, 2.24) is 19.0 Å². The van der Waals surface area contributed by atoms with Gasteiger partial charge < -0.3 is 18.8 Å².